The summed E-state index contributed by atoms with van der Waals surface area (Å²) in [5, 5.41) is 3.30. The average molecular weight is 211 g/mol. The van der Waals surface area contributed by atoms with E-state index in [0.717, 1.165) is 6.04 Å². The summed E-state index contributed by atoms with van der Waals surface area (Å²) in [5.74, 6) is 0. The number of rotatable bonds is 1. The monoisotopic (exact) mass is 211 g/mol. The number of nitrogens with one attached hydrogen (secondary N) is 1. The van der Waals surface area contributed by atoms with Gasteiger partial charge in [0, 0.05) is 6.04 Å². The fourth-order valence-electron chi connectivity index (χ4n) is 1.39. The van der Waals surface area contributed by atoms with Crippen molar-refractivity contribution in [3.8, 4) is 0 Å². The SMILES string of the molecule is CNC1CCCCC1.O=P(O)(O)O. The molecular weight excluding hydrogens is 193 g/mol. The first kappa shape index (κ1) is 13.1. The predicted molar refractivity (Wildman–Crippen MR) is 50.2 cm³/mol. The molecule has 0 spiro atoms. The quantitative estimate of drug-likeness (QED) is 0.477. The third-order valence-corrected chi connectivity index (χ3v) is 2.01. The highest BCUT2D eigenvalue weighted by Crippen LogP contribution is 2.25. The van der Waals surface area contributed by atoms with Crippen LogP contribution in [0.4, 0.5) is 0 Å². The topological polar surface area (TPSA) is 89.8 Å². The van der Waals surface area contributed by atoms with Crippen LogP contribution in [0, 0.1) is 0 Å². The van der Waals surface area contributed by atoms with Gasteiger partial charge in [-0.15, -0.1) is 0 Å². The van der Waals surface area contributed by atoms with Crippen LogP contribution in [-0.4, -0.2) is 27.8 Å². The van der Waals surface area contributed by atoms with E-state index in [0.29, 0.717) is 0 Å². The maximum atomic E-state index is 8.88. The van der Waals surface area contributed by atoms with Crippen molar-refractivity contribution in [2.75, 3.05) is 7.05 Å². The number of hydrogen-bond acceptors (Lipinski definition) is 2. The molecule has 6 heteroatoms. The van der Waals surface area contributed by atoms with Gasteiger partial charge in [-0.1, -0.05) is 19.3 Å². The Labute approximate surface area is 78.4 Å². The zero-order valence-electron chi connectivity index (χ0n) is 7.81. The lowest BCUT2D eigenvalue weighted by atomic mass is 9.96. The van der Waals surface area contributed by atoms with Crippen LogP contribution in [0.15, 0.2) is 0 Å². The van der Waals surface area contributed by atoms with Gasteiger partial charge in [0.2, 0.25) is 0 Å². The molecule has 0 aromatic rings. The van der Waals surface area contributed by atoms with Crippen molar-refractivity contribution in [2.24, 2.45) is 0 Å². The molecule has 1 rings (SSSR count). The maximum Gasteiger partial charge on any atom is 0.466 e. The molecule has 0 aromatic carbocycles. The minimum Gasteiger partial charge on any atom is -0.317 e. The minimum absolute atomic E-state index is 0.837. The van der Waals surface area contributed by atoms with Crippen LogP contribution in [0.3, 0.4) is 0 Å². The molecule has 0 amide bonds. The van der Waals surface area contributed by atoms with Crippen molar-refractivity contribution in [2.45, 2.75) is 38.1 Å². The normalized spacial score (nSPS) is 19.1. The Morgan fingerprint density at radius 2 is 1.54 bits per heavy atom. The Balaban J connectivity index is 0.000000252. The zero-order chi connectivity index (χ0) is 10.3. The molecule has 13 heavy (non-hydrogen) atoms. The molecule has 1 saturated carbocycles. The summed E-state index contributed by atoms with van der Waals surface area (Å²) < 4.78 is 8.88. The molecule has 1 aliphatic carbocycles. The lowest BCUT2D eigenvalue weighted by molar-refractivity contribution is 0.275. The largest absolute Gasteiger partial charge is 0.466 e. The molecule has 0 bridgehead atoms. The van der Waals surface area contributed by atoms with E-state index in [1.54, 1.807) is 0 Å². The molecule has 0 aliphatic heterocycles. The van der Waals surface area contributed by atoms with E-state index in [9.17, 15) is 0 Å². The highest BCUT2D eigenvalue weighted by molar-refractivity contribution is 7.45. The first-order valence-electron chi connectivity index (χ1n) is 4.39. The lowest BCUT2D eigenvalue weighted by Gasteiger charge is -2.20. The van der Waals surface area contributed by atoms with Crippen molar-refractivity contribution in [3.63, 3.8) is 0 Å². The van der Waals surface area contributed by atoms with E-state index >= 15 is 0 Å². The van der Waals surface area contributed by atoms with E-state index in [-0.39, 0.29) is 0 Å². The van der Waals surface area contributed by atoms with Crippen LogP contribution < -0.4 is 5.32 Å². The molecule has 4 N–H and O–H groups in total. The summed E-state index contributed by atoms with van der Waals surface area (Å²) in [6.07, 6.45) is 7.13. The summed E-state index contributed by atoms with van der Waals surface area (Å²) in [6, 6.07) is 0.837. The fraction of sp³-hybridized carbons (Fsp3) is 1.00. The summed E-state index contributed by atoms with van der Waals surface area (Å²) in [7, 11) is -2.57. The smallest absolute Gasteiger partial charge is 0.317 e. The van der Waals surface area contributed by atoms with Gasteiger partial charge in [-0.3, -0.25) is 0 Å². The van der Waals surface area contributed by atoms with E-state index < -0.39 is 7.82 Å². The molecule has 0 heterocycles. The van der Waals surface area contributed by atoms with Crippen LogP contribution in [0.5, 0.6) is 0 Å². The molecule has 0 saturated heterocycles. The first-order chi connectivity index (χ1) is 5.93. The van der Waals surface area contributed by atoms with E-state index in [1.165, 1.54) is 32.1 Å². The van der Waals surface area contributed by atoms with Crippen LogP contribution in [0.1, 0.15) is 32.1 Å². The van der Waals surface area contributed by atoms with Crippen LogP contribution in [0.2, 0.25) is 0 Å². The molecule has 0 aromatic heterocycles. The van der Waals surface area contributed by atoms with Crippen molar-refractivity contribution in [1.82, 2.24) is 5.32 Å². The van der Waals surface area contributed by atoms with Gasteiger partial charge in [-0.25, -0.2) is 4.57 Å². The molecule has 0 radical (unpaired) electrons. The van der Waals surface area contributed by atoms with Gasteiger partial charge in [-0.05, 0) is 19.9 Å². The molecule has 0 unspecified atom stereocenters. The Morgan fingerprint density at radius 1 is 1.15 bits per heavy atom. The second-order valence-electron chi connectivity index (χ2n) is 3.14. The van der Waals surface area contributed by atoms with Gasteiger partial charge in [0.15, 0.2) is 0 Å². The summed E-state index contributed by atoms with van der Waals surface area (Å²) in [4.78, 5) is 21.6. The van der Waals surface area contributed by atoms with Gasteiger partial charge in [-0.2, -0.15) is 0 Å². The number of hydrogen-bond donors (Lipinski definition) is 4. The molecule has 1 aliphatic rings. The highest BCUT2D eigenvalue weighted by atomic mass is 31.2. The third-order valence-electron chi connectivity index (χ3n) is 2.01. The van der Waals surface area contributed by atoms with Crippen molar-refractivity contribution >= 4 is 7.82 Å². The van der Waals surface area contributed by atoms with Crippen LogP contribution in [-0.2, 0) is 4.57 Å². The molecule has 1 fully saturated rings. The average Bonchev–Trinajstić information content (AvgIpc) is 2.03. The van der Waals surface area contributed by atoms with E-state index in [2.05, 4.69) is 12.4 Å². The fourth-order valence-corrected chi connectivity index (χ4v) is 1.39. The highest BCUT2D eigenvalue weighted by Gasteiger charge is 2.09. The minimum atomic E-state index is -4.64. The van der Waals surface area contributed by atoms with E-state index in [4.69, 9.17) is 19.2 Å². The van der Waals surface area contributed by atoms with Crippen molar-refractivity contribution in [3.05, 3.63) is 0 Å². The van der Waals surface area contributed by atoms with Crippen LogP contribution >= 0.6 is 7.82 Å². The Bertz CT molecular complexity index is 156. The lowest BCUT2D eigenvalue weighted by Crippen LogP contribution is -2.26. The Hall–Kier alpha value is 0.0700. The predicted octanol–water partition coefficient (Wildman–Crippen LogP) is 0.610. The maximum absolute atomic E-state index is 8.88. The van der Waals surface area contributed by atoms with Gasteiger partial charge in [0.1, 0.15) is 0 Å². The summed E-state index contributed by atoms with van der Waals surface area (Å²) in [5.41, 5.74) is 0. The van der Waals surface area contributed by atoms with E-state index in [1.807, 2.05) is 0 Å². The number of phosphoric acid groups is 1. The van der Waals surface area contributed by atoms with Crippen molar-refractivity contribution < 1.29 is 19.2 Å². The van der Waals surface area contributed by atoms with Crippen LogP contribution in [0.25, 0.3) is 0 Å². The van der Waals surface area contributed by atoms with Gasteiger partial charge >= 0.3 is 7.82 Å². The first-order valence-corrected chi connectivity index (χ1v) is 5.95. The zero-order valence-corrected chi connectivity index (χ0v) is 8.70. The second-order valence-corrected chi connectivity index (χ2v) is 4.16. The molecule has 0 atom stereocenters. The standard InChI is InChI=1S/C7H15N.H3O4P/c1-8-7-5-3-2-4-6-7;1-5(2,3)4/h7-8H,2-6H2,1H3;(H3,1,2,3,4). The summed E-state index contributed by atoms with van der Waals surface area (Å²) >= 11 is 0. The van der Waals surface area contributed by atoms with Gasteiger partial charge in [0.05, 0.1) is 0 Å². The second kappa shape index (κ2) is 6.51. The molecule has 80 valence electrons. The Kier molecular flexibility index (Phi) is 6.55. The molecule has 5 nitrogen and oxygen atoms in total. The summed E-state index contributed by atoms with van der Waals surface area (Å²) in [6.45, 7) is 0. The van der Waals surface area contributed by atoms with Crippen molar-refractivity contribution in [1.29, 1.82) is 0 Å². The molecular formula is C7H18NO4P. The third kappa shape index (κ3) is 12.1. The van der Waals surface area contributed by atoms with Gasteiger partial charge in [0.25, 0.3) is 0 Å². The van der Waals surface area contributed by atoms with Gasteiger partial charge < -0.3 is 20.0 Å². The Morgan fingerprint density at radius 3 is 1.77 bits per heavy atom.